The van der Waals surface area contributed by atoms with Gasteiger partial charge < -0.3 is 10.5 Å². The van der Waals surface area contributed by atoms with Gasteiger partial charge in [-0.05, 0) is 12.0 Å². The molecule has 2 N–H and O–H groups in total. The summed E-state index contributed by atoms with van der Waals surface area (Å²) in [5, 5.41) is 16.4. The van der Waals surface area contributed by atoms with Crippen LogP contribution in [0.25, 0.3) is 0 Å². The molecule has 0 saturated carbocycles. The minimum Gasteiger partial charge on any atom is -0.507 e. The van der Waals surface area contributed by atoms with Crippen LogP contribution in [0, 0.1) is 17.0 Å². The molecule has 0 heterocycles. The largest absolute Gasteiger partial charge is 0.507 e. The van der Waals surface area contributed by atoms with Gasteiger partial charge in [-0.15, -0.1) is 0 Å². The Balaban J connectivity index is 3.52. The summed E-state index contributed by atoms with van der Waals surface area (Å²) in [4.78, 5) is 0. The van der Waals surface area contributed by atoms with Gasteiger partial charge in [0.2, 0.25) is 0 Å². The normalized spacial score (nSPS) is 10.6. The fourth-order valence-electron chi connectivity index (χ4n) is 1.29. The number of nitrogens with one attached hydrogen (secondary N) is 1. The highest BCUT2D eigenvalue weighted by molar-refractivity contribution is 5.82. The maximum Gasteiger partial charge on any atom is 0.166 e. The second-order valence-corrected chi connectivity index (χ2v) is 3.32. The Morgan fingerprint density at radius 3 is 2.43 bits per heavy atom. The van der Waals surface area contributed by atoms with Crippen molar-refractivity contribution in [3.8, 4) is 5.75 Å². The lowest BCUT2D eigenvalue weighted by Crippen LogP contribution is -2.00. The third-order valence-electron chi connectivity index (χ3n) is 1.99. The number of hydrogen-bond donors (Lipinski definition) is 2. The van der Waals surface area contributed by atoms with Gasteiger partial charge >= 0.3 is 0 Å². The number of phenolic OH excluding ortho intramolecular Hbond substituents is 1. The van der Waals surface area contributed by atoms with E-state index in [9.17, 15) is 13.9 Å². The molecule has 1 aromatic rings. The summed E-state index contributed by atoms with van der Waals surface area (Å²) in [6.07, 6.45) is 0.795. The minimum absolute atomic E-state index is 0.00685. The topological polar surface area (TPSA) is 44.1 Å². The zero-order valence-corrected chi connectivity index (χ0v) is 7.94. The highest BCUT2D eigenvalue weighted by Gasteiger charge is 2.19. The molecular weight excluding hydrogens is 188 g/mol. The average molecular weight is 199 g/mol. The summed E-state index contributed by atoms with van der Waals surface area (Å²) in [5.41, 5.74) is -0.0869. The lowest BCUT2D eigenvalue weighted by Gasteiger charge is -2.12. The molecule has 0 spiro atoms. The molecular formula is C10H11F2NO. The van der Waals surface area contributed by atoms with E-state index in [1.54, 1.807) is 13.8 Å². The molecule has 4 heteroatoms. The molecule has 0 aliphatic carbocycles. The van der Waals surface area contributed by atoms with E-state index in [2.05, 4.69) is 0 Å². The zero-order valence-electron chi connectivity index (χ0n) is 7.94. The summed E-state index contributed by atoms with van der Waals surface area (Å²) >= 11 is 0. The standard InChI is InChI=1S/C10H11F2NO/c1-5(2)8-9(12)7(11)3-6(4-13)10(8)14/h3-5,13-14H,1-2H3. The summed E-state index contributed by atoms with van der Waals surface area (Å²) in [5.74, 6) is -2.76. The van der Waals surface area contributed by atoms with Crippen LogP contribution in [-0.4, -0.2) is 11.3 Å². The second kappa shape index (κ2) is 3.74. The second-order valence-electron chi connectivity index (χ2n) is 3.32. The molecule has 0 fully saturated rings. The summed E-state index contributed by atoms with van der Waals surface area (Å²) in [6.45, 7) is 3.29. The van der Waals surface area contributed by atoms with Crippen LogP contribution in [0.1, 0.15) is 30.9 Å². The molecule has 0 aliphatic heterocycles. The number of aromatic hydroxyl groups is 1. The molecule has 0 bridgehead atoms. The summed E-state index contributed by atoms with van der Waals surface area (Å²) < 4.78 is 26.2. The smallest absolute Gasteiger partial charge is 0.166 e. The van der Waals surface area contributed by atoms with Gasteiger partial charge in [0.05, 0.1) is 0 Å². The Morgan fingerprint density at radius 2 is 2.00 bits per heavy atom. The summed E-state index contributed by atoms with van der Waals surface area (Å²) in [6, 6.07) is 0.809. The Bertz CT molecular complexity index is 375. The summed E-state index contributed by atoms with van der Waals surface area (Å²) in [7, 11) is 0. The van der Waals surface area contributed by atoms with Crippen molar-refractivity contribution in [3.05, 3.63) is 28.8 Å². The maximum atomic E-state index is 13.2. The first-order valence-electron chi connectivity index (χ1n) is 4.20. The van der Waals surface area contributed by atoms with Gasteiger partial charge in [0.15, 0.2) is 11.6 Å². The Labute approximate surface area is 80.7 Å². The van der Waals surface area contributed by atoms with E-state index in [-0.39, 0.29) is 22.8 Å². The van der Waals surface area contributed by atoms with Crippen LogP contribution in [-0.2, 0) is 0 Å². The number of benzene rings is 1. The van der Waals surface area contributed by atoms with Gasteiger partial charge in [-0.2, -0.15) is 0 Å². The molecule has 0 aromatic heterocycles. The van der Waals surface area contributed by atoms with Crippen LogP contribution in [0.2, 0.25) is 0 Å². The van der Waals surface area contributed by atoms with Crippen molar-refractivity contribution in [2.75, 3.05) is 0 Å². The van der Waals surface area contributed by atoms with Gasteiger partial charge in [0, 0.05) is 17.3 Å². The van der Waals surface area contributed by atoms with Gasteiger partial charge in [0.25, 0.3) is 0 Å². The van der Waals surface area contributed by atoms with Crippen molar-refractivity contribution in [3.63, 3.8) is 0 Å². The van der Waals surface area contributed by atoms with E-state index in [1.165, 1.54) is 0 Å². The van der Waals surface area contributed by atoms with Gasteiger partial charge in [-0.25, -0.2) is 8.78 Å². The number of rotatable bonds is 2. The molecule has 14 heavy (non-hydrogen) atoms. The average Bonchev–Trinajstić information content (AvgIpc) is 2.11. The monoisotopic (exact) mass is 199 g/mol. The molecule has 0 aliphatic rings. The van der Waals surface area contributed by atoms with Crippen molar-refractivity contribution in [2.24, 2.45) is 0 Å². The molecule has 0 atom stereocenters. The van der Waals surface area contributed by atoms with E-state index < -0.39 is 11.6 Å². The number of hydrogen-bond acceptors (Lipinski definition) is 2. The molecule has 0 unspecified atom stereocenters. The van der Waals surface area contributed by atoms with Crippen molar-refractivity contribution < 1.29 is 13.9 Å². The van der Waals surface area contributed by atoms with Gasteiger partial charge in [-0.3, -0.25) is 0 Å². The van der Waals surface area contributed by atoms with Crippen LogP contribution in [0.5, 0.6) is 5.75 Å². The van der Waals surface area contributed by atoms with E-state index >= 15 is 0 Å². The highest BCUT2D eigenvalue weighted by atomic mass is 19.2. The first-order chi connectivity index (χ1) is 6.49. The van der Waals surface area contributed by atoms with Crippen molar-refractivity contribution in [1.82, 2.24) is 0 Å². The van der Waals surface area contributed by atoms with Crippen LogP contribution in [0.15, 0.2) is 6.07 Å². The zero-order chi connectivity index (χ0) is 10.9. The molecule has 1 aromatic carbocycles. The predicted molar refractivity (Wildman–Crippen MR) is 50.0 cm³/mol. The van der Waals surface area contributed by atoms with E-state index in [0.29, 0.717) is 0 Å². The van der Waals surface area contributed by atoms with Crippen LogP contribution in [0.4, 0.5) is 8.78 Å². The first kappa shape index (κ1) is 10.6. The lowest BCUT2D eigenvalue weighted by atomic mass is 9.98. The maximum absolute atomic E-state index is 13.2. The minimum atomic E-state index is -1.04. The Hall–Kier alpha value is -1.45. The Kier molecular flexibility index (Phi) is 2.84. The predicted octanol–water partition coefficient (Wildman–Crippen LogP) is 2.79. The Morgan fingerprint density at radius 1 is 1.43 bits per heavy atom. The van der Waals surface area contributed by atoms with Crippen molar-refractivity contribution in [1.29, 1.82) is 5.41 Å². The molecule has 0 saturated heterocycles. The quantitative estimate of drug-likeness (QED) is 0.706. The van der Waals surface area contributed by atoms with Crippen LogP contribution in [0.3, 0.4) is 0 Å². The SMILES string of the molecule is CC(C)c1c(O)c(C=N)cc(F)c1F. The van der Waals surface area contributed by atoms with Gasteiger partial charge in [0.1, 0.15) is 5.75 Å². The molecule has 76 valence electrons. The van der Waals surface area contributed by atoms with Crippen molar-refractivity contribution >= 4 is 6.21 Å². The highest BCUT2D eigenvalue weighted by Crippen LogP contribution is 2.32. The lowest BCUT2D eigenvalue weighted by molar-refractivity contribution is 0.435. The molecule has 0 radical (unpaired) electrons. The van der Waals surface area contributed by atoms with E-state index in [0.717, 1.165) is 12.3 Å². The molecule has 2 nitrogen and oxygen atoms in total. The fraction of sp³-hybridized carbons (Fsp3) is 0.300. The van der Waals surface area contributed by atoms with E-state index in [1.807, 2.05) is 0 Å². The number of phenols is 1. The molecule has 0 amide bonds. The van der Waals surface area contributed by atoms with Gasteiger partial charge in [-0.1, -0.05) is 13.8 Å². The fourth-order valence-corrected chi connectivity index (χ4v) is 1.29. The van der Waals surface area contributed by atoms with Crippen molar-refractivity contribution in [2.45, 2.75) is 19.8 Å². The third-order valence-corrected chi connectivity index (χ3v) is 1.99. The van der Waals surface area contributed by atoms with E-state index in [4.69, 9.17) is 5.41 Å². The van der Waals surface area contributed by atoms with Crippen LogP contribution >= 0.6 is 0 Å². The number of halogens is 2. The molecule has 1 rings (SSSR count). The first-order valence-corrected chi connectivity index (χ1v) is 4.20. The van der Waals surface area contributed by atoms with Crippen LogP contribution < -0.4 is 0 Å². The third kappa shape index (κ3) is 1.60.